The maximum absolute atomic E-state index is 13.2. The molecule has 1 atom stereocenters. The Morgan fingerprint density at radius 2 is 1.67 bits per heavy atom. The van der Waals surface area contributed by atoms with Crippen LogP contribution < -0.4 is 14.4 Å². The Bertz CT molecular complexity index is 1150. The molecule has 1 amide bonds. The smallest absolute Gasteiger partial charge is 0.267 e. The van der Waals surface area contributed by atoms with Gasteiger partial charge in [0, 0.05) is 5.69 Å². The van der Waals surface area contributed by atoms with Crippen LogP contribution in [-0.4, -0.2) is 27.0 Å². The van der Waals surface area contributed by atoms with Gasteiger partial charge in [0.15, 0.2) is 6.10 Å². The lowest BCUT2D eigenvalue weighted by molar-refractivity contribution is -0.122. The number of ether oxygens (including phenoxy) is 1. The number of hydrogen-bond donors (Lipinski definition) is 1. The molecule has 30 heavy (non-hydrogen) atoms. The Morgan fingerprint density at radius 3 is 2.40 bits per heavy atom. The molecule has 1 heterocycles. The van der Waals surface area contributed by atoms with Gasteiger partial charge in [-0.05, 0) is 42.0 Å². The number of sulfonamides is 1. The quantitative estimate of drug-likeness (QED) is 0.677. The Kier molecular flexibility index (Phi) is 5.41. The second-order valence-corrected chi connectivity index (χ2v) is 8.74. The van der Waals surface area contributed by atoms with Gasteiger partial charge in [-0.2, -0.15) is 0 Å². The highest BCUT2D eigenvalue weighted by molar-refractivity contribution is 7.92. The molecule has 0 spiro atoms. The van der Waals surface area contributed by atoms with Crippen molar-refractivity contribution < 1.29 is 22.3 Å². The van der Waals surface area contributed by atoms with E-state index in [9.17, 15) is 17.6 Å². The molecule has 0 radical (unpaired) electrons. The molecule has 154 valence electrons. The maximum Gasteiger partial charge on any atom is 0.267 e. The highest BCUT2D eigenvalue weighted by Gasteiger charge is 2.36. The van der Waals surface area contributed by atoms with Crippen molar-refractivity contribution in [2.24, 2.45) is 0 Å². The summed E-state index contributed by atoms with van der Waals surface area (Å²) in [6.07, 6.45) is -1.06. The normalized spacial score (nSPS) is 15.8. The van der Waals surface area contributed by atoms with Crippen molar-refractivity contribution >= 4 is 27.3 Å². The number of nitrogens with one attached hydrogen (secondary N) is 1. The predicted octanol–water partition coefficient (Wildman–Crippen LogP) is 3.56. The van der Waals surface area contributed by atoms with Crippen LogP contribution in [0.2, 0.25) is 0 Å². The van der Waals surface area contributed by atoms with Gasteiger partial charge in [0.25, 0.3) is 5.91 Å². The lowest BCUT2D eigenvalue weighted by Crippen LogP contribution is -2.49. The molecule has 1 aliphatic heterocycles. The summed E-state index contributed by atoms with van der Waals surface area (Å²) in [6.45, 7) is -0.167. The summed E-state index contributed by atoms with van der Waals surface area (Å²) >= 11 is 0. The van der Waals surface area contributed by atoms with Crippen LogP contribution in [-0.2, 0) is 20.6 Å². The average Bonchev–Trinajstić information content (AvgIpc) is 2.75. The van der Waals surface area contributed by atoms with Crippen molar-refractivity contribution in [3.05, 3.63) is 90.2 Å². The zero-order chi connectivity index (χ0) is 21.1. The minimum atomic E-state index is -3.77. The van der Waals surface area contributed by atoms with Gasteiger partial charge in [-0.1, -0.05) is 42.5 Å². The molecule has 3 aromatic rings. The van der Waals surface area contributed by atoms with Crippen LogP contribution >= 0.6 is 0 Å². The molecule has 3 aromatic carbocycles. The van der Waals surface area contributed by atoms with Crippen LogP contribution in [0.15, 0.2) is 78.9 Å². The second-order valence-electron chi connectivity index (χ2n) is 6.84. The summed E-state index contributed by atoms with van der Waals surface area (Å²) in [5.41, 5.74) is 1.43. The van der Waals surface area contributed by atoms with E-state index in [2.05, 4.69) is 5.32 Å². The van der Waals surface area contributed by atoms with E-state index >= 15 is 0 Å². The lowest BCUT2D eigenvalue weighted by atomic mass is 10.2. The Morgan fingerprint density at radius 1 is 1.00 bits per heavy atom. The van der Waals surface area contributed by atoms with Crippen LogP contribution in [0.25, 0.3) is 0 Å². The number of para-hydroxylation sites is 2. The van der Waals surface area contributed by atoms with Crippen LogP contribution in [0, 0.1) is 5.82 Å². The van der Waals surface area contributed by atoms with E-state index in [1.165, 1.54) is 28.6 Å². The first kappa shape index (κ1) is 19.9. The highest BCUT2D eigenvalue weighted by atomic mass is 32.2. The Balaban J connectivity index is 1.60. The van der Waals surface area contributed by atoms with Crippen LogP contribution in [0.4, 0.5) is 15.8 Å². The summed E-state index contributed by atoms with van der Waals surface area (Å²) in [5.74, 6) is -0.834. The van der Waals surface area contributed by atoms with Crippen molar-refractivity contribution in [1.82, 2.24) is 0 Å². The molecule has 1 N–H and O–H groups in total. The summed E-state index contributed by atoms with van der Waals surface area (Å²) < 4.78 is 46.4. The molecule has 4 rings (SSSR count). The highest BCUT2D eigenvalue weighted by Crippen LogP contribution is 2.36. The topological polar surface area (TPSA) is 75.7 Å². The molecule has 0 aliphatic carbocycles. The molecular weight excluding hydrogens is 407 g/mol. The Hall–Kier alpha value is -3.39. The fraction of sp³-hybridized carbons (Fsp3) is 0.136. The average molecular weight is 426 g/mol. The number of benzene rings is 3. The van der Waals surface area contributed by atoms with Crippen LogP contribution in [0.5, 0.6) is 5.75 Å². The third kappa shape index (κ3) is 4.28. The number of fused-ring (bicyclic) bond motifs is 1. The van der Waals surface area contributed by atoms with E-state index in [0.717, 1.165) is 0 Å². The van der Waals surface area contributed by atoms with E-state index in [1.807, 2.05) is 6.07 Å². The molecular formula is C22H19FN2O4S. The van der Waals surface area contributed by atoms with E-state index in [4.69, 9.17) is 4.74 Å². The van der Waals surface area contributed by atoms with E-state index in [1.54, 1.807) is 48.5 Å². The zero-order valence-corrected chi connectivity index (χ0v) is 16.7. The molecule has 8 heteroatoms. The van der Waals surface area contributed by atoms with Crippen molar-refractivity contribution in [3.63, 3.8) is 0 Å². The predicted molar refractivity (Wildman–Crippen MR) is 112 cm³/mol. The number of halogens is 1. The van der Waals surface area contributed by atoms with Gasteiger partial charge in [-0.15, -0.1) is 0 Å². The number of anilines is 2. The lowest BCUT2D eigenvalue weighted by Gasteiger charge is -2.34. The monoisotopic (exact) mass is 426 g/mol. The van der Waals surface area contributed by atoms with Crippen LogP contribution in [0.3, 0.4) is 0 Å². The van der Waals surface area contributed by atoms with Crippen LogP contribution in [0.1, 0.15) is 5.56 Å². The summed E-state index contributed by atoms with van der Waals surface area (Å²) in [4.78, 5) is 12.7. The van der Waals surface area contributed by atoms with Gasteiger partial charge in [0.2, 0.25) is 10.0 Å². The number of hydrogen-bond acceptors (Lipinski definition) is 4. The van der Waals surface area contributed by atoms with Gasteiger partial charge >= 0.3 is 0 Å². The van der Waals surface area contributed by atoms with Gasteiger partial charge < -0.3 is 10.1 Å². The van der Waals surface area contributed by atoms with Gasteiger partial charge in [0.1, 0.15) is 11.6 Å². The number of amides is 1. The fourth-order valence-electron chi connectivity index (χ4n) is 3.22. The summed E-state index contributed by atoms with van der Waals surface area (Å²) in [5, 5.41) is 2.64. The molecule has 0 saturated carbocycles. The number of carbonyl (C=O) groups is 1. The van der Waals surface area contributed by atoms with Gasteiger partial charge in [0.05, 0.1) is 18.0 Å². The van der Waals surface area contributed by atoms with E-state index in [0.29, 0.717) is 22.7 Å². The first-order valence-electron chi connectivity index (χ1n) is 9.29. The Labute approximate surface area is 174 Å². The molecule has 0 unspecified atom stereocenters. The molecule has 1 aliphatic rings. The van der Waals surface area contributed by atoms with Crippen molar-refractivity contribution in [1.29, 1.82) is 0 Å². The largest absolute Gasteiger partial charge is 0.476 e. The number of rotatable bonds is 5. The number of nitrogens with zero attached hydrogens (tertiary/aromatic N) is 1. The minimum absolute atomic E-state index is 0.167. The fourth-order valence-corrected chi connectivity index (χ4v) is 4.80. The SMILES string of the molecule is O=C(Nc1ccc(F)cc1)[C@H]1CN(S(=O)(=O)Cc2ccccc2)c2ccccc2O1. The van der Waals surface area contributed by atoms with Gasteiger partial charge in [-0.3, -0.25) is 9.10 Å². The maximum atomic E-state index is 13.2. The molecule has 0 bridgehead atoms. The standard InChI is InChI=1S/C22H19FN2O4S/c23-17-10-12-18(13-11-17)24-22(26)21-14-25(19-8-4-5-9-20(19)29-21)30(27,28)15-16-6-2-1-3-7-16/h1-13,21H,14-15H2,(H,24,26)/t21-/m1/s1. The summed E-state index contributed by atoms with van der Waals surface area (Å²) in [7, 11) is -3.77. The van der Waals surface area contributed by atoms with Crippen molar-refractivity contribution in [3.8, 4) is 5.75 Å². The van der Waals surface area contributed by atoms with Crippen molar-refractivity contribution in [2.45, 2.75) is 11.9 Å². The molecule has 6 nitrogen and oxygen atoms in total. The van der Waals surface area contributed by atoms with E-state index < -0.39 is 27.9 Å². The first-order valence-corrected chi connectivity index (χ1v) is 10.9. The third-order valence-corrected chi connectivity index (χ3v) is 6.38. The number of carbonyl (C=O) groups excluding carboxylic acids is 1. The third-order valence-electron chi connectivity index (χ3n) is 4.67. The minimum Gasteiger partial charge on any atom is -0.476 e. The first-order chi connectivity index (χ1) is 14.4. The summed E-state index contributed by atoms with van der Waals surface area (Å²) in [6, 6.07) is 20.8. The van der Waals surface area contributed by atoms with E-state index in [-0.39, 0.29) is 12.3 Å². The van der Waals surface area contributed by atoms with Crippen molar-refractivity contribution in [2.75, 3.05) is 16.2 Å². The zero-order valence-electron chi connectivity index (χ0n) is 15.9. The molecule has 0 aromatic heterocycles. The molecule has 0 fully saturated rings. The molecule has 0 saturated heterocycles. The van der Waals surface area contributed by atoms with Gasteiger partial charge in [-0.25, -0.2) is 12.8 Å². The second kappa shape index (κ2) is 8.16.